The third-order valence-electron chi connectivity index (χ3n) is 4.65. The molecule has 0 bridgehead atoms. The molecule has 0 saturated heterocycles. The van der Waals surface area contributed by atoms with Gasteiger partial charge in [0.2, 0.25) is 11.7 Å². The third-order valence-corrected chi connectivity index (χ3v) is 4.65. The van der Waals surface area contributed by atoms with E-state index in [0.29, 0.717) is 23.0 Å². The minimum atomic E-state index is -4.77. The number of halogens is 3. The minimum Gasteiger partial charge on any atom is -0.497 e. The van der Waals surface area contributed by atoms with Crippen LogP contribution in [-0.4, -0.2) is 42.9 Å². The van der Waals surface area contributed by atoms with Crippen LogP contribution >= 0.6 is 0 Å². The van der Waals surface area contributed by atoms with Crippen molar-refractivity contribution in [1.82, 2.24) is 9.55 Å². The zero-order valence-electron chi connectivity index (χ0n) is 16.6. The molecule has 1 aromatic heterocycles. The summed E-state index contributed by atoms with van der Waals surface area (Å²) in [6.07, 6.45) is -4.77. The zero-order valence-corrected chi connectivity index (χ0v) is 16.6. The Bertz CT molecular complexity index is 1140. The smallest absolute Gasteiger partial charge is 0.449 e. The van der Waals surface area contributed by atoms with E-state index in [2.05, 4.69) is 10.3 Å². The van der Waals surface area contributed by atoms with Crippen LogP contribution in [0.25, 0.3) is 11.0 Å². The van der Waals surface area contributed by atoms with Gasteiger partial charge in [-0.2, -0.15) is 13.2 Å². The van der Waals surface area contributed by atoms with Crippen molar-refractivity contribution in [2.75, 3.05) is 32.8 Å². The lowest BCUT2D eigenvalue weighted by Crippen LogP contribution is -2.23. The quantitative estimate of drug-likeness (QED) is 0.658. The van der Waals surface area contributed by atoms with Crippen LogP contribution in [0.4, 0.5) is 18.9 Å². The molecule has 11 heteroatoms. The molecule has 2 heterocycles. The van der Waals surface area contributed by atoms with Crippen molar-refractivity contribution in [2.24, 2.45) is 0 Å². The van der Waals surface area contributed by atoms with Gasteiger partial charge >= 0.3 is 6.18 Å². The first-order valence-corrected chi connectivity index (χ1v) is 9.19. The number of anilines is 1. The maximum Gasteiger partial charge on any atom is 0.449 e. The van der Waals surface area contributed by atoms with Gasteiger partial charge in [0.1, 0.15) is 31.3 Å². The van der Waals surface area contributed by atoms with Crippen LogP contribution in [0.3, 0.4) is 0 Å². The summed E-state index contributed by atoms with van der Waals surface area (Å²) in [6.45, 7) is -0.0731. The number of hydrogen-bond donors (Lipinski definition) is 1. The number of rotatable bonds is 5. The number of hydrogen-bond acceptors (Lipinski definition) is 6. The Morgan fingerprint density at radius 3 is 2.48 bits per heavy atom. The number of nitrogens with zero attached hydrogens (tertiary/aromatic N) is 2. The van der Waals surface area contributed by atoms with Crippen molar-refractivity contribution in [1.29, 1.82) is 0 Å². The fourth-order valence-electron chi connectivity index (χ4n) is 3.28. The number of carbonyl (C=O) groups excluding carboxylic acids is 1. The van der Waals surface area contributed by atoms with Gasteiger partial charge in [-0.1, -0.05) is 0 Å². The number of methoxy groups -OCH3 is 2. The van der Waals surface area contributed by atoms with Gasteiger partial charge in [0.15, 0.2) is 11.5 Å². The fraction of sp³-hybridized carbons (Fsp3) is 0.300. The van der Waals surface area contributed by atoms with Crippen molar-refractivity contribution in [3.05, 3.63) is 36.2 Å². The van der Waals surface area contributed by atoms with E-state index in [1.54, 1.807) is 12.1 Å². The number of carbonyl (C=O) groups is 1. The lowest BCUT2D eigenvalue weighted by atomic mass is 10.2. The number of aromatic nitrogens is 2. The molecule has 3 aromatic rings. The molecule has 0 radical (unpaired) electrons. The summed E-state index contributed by atoms with van der Waals surface area (Å²) >= 11 is 0. The van der Waals surface area contributed by atoms with Gasteiger partial charge in [0.05, 0.1) is 30.9 Å². The summed E-state index contributed by atoms with van der Waals surface area (Å²) in [5.41, 5.74) is 0.409. The van der Waals surface area contributed by atoms with Crippen molar-refractivity contribution in [3.63, 3.8) is 0 Å². The number of imidazole rings is 1. The Hall–Kier alpha value is -3.63. The molecule has 1 N–H and O–H groups in total. The molecule has 31 heavy (non-hydrogen) atoms. The second-order valence-corrected chi connectivity index (χ2v) is 6.62. The second-order valence-electron chi connectivity index (χ2n) is 6.62. The van der Waals surface area contributed by atoms with Crippen LogP contribution in [0, 0.1) is 0 Å². The number of ether oxygens (including phenoxy) is 4. The molecule has 0 unspecified atom stereocenters. The minimum absolute atomic E-state index is 0.0448. The van der Waals surface area contributed by atoms with Crippen LogP contribution in [0.2, 0.25) is 0 Å². The van der Waals surface area contributed by atoms with Crippen LogP contribution in [0.1, 0.15) is 5.82 Å². The number of fused-ring (bicyclic) bond motifs is 2. The fourth-order valence-corrected chi connectivity index (χ4v) is 3.28. The molecule has 164 valence electrons. The van der Waals surface area contributed by atoms with Crippen LogP contribution in [0.15, 0.2) is 30.3 Å². The van der Waals surface area contributed by atoms with E-state index >= 15 is 0 Å². The summed E-state index contributed by atoms with van der Waals surface area (Å²) < 4.78 is 62.9. The van der Waals surface area contributed by atoms with E-state index in [1.807, 2.05) is 0 Å². The van der Waals surface area contributed by atoms with Gasteiger partial charge in [0.25, 0.3) is 0 Å². The molecule has 1 aliphatic rings. The molecule has 0 aliphatic carbocycles. The summed E-state index contributed by atoms with van der Waals surface area (Å²) in [5, 5.41) is 2.56. The summed E-state index contributed by atoms with van der Waals surface area (Å²) in [4.78, 5) is 16.4. The van der Waals surface area contributed by atoms with Gasteiger partial charge in [-0.05, 0) is 12.1 Å². The van der Waals surface area contributed by atoms with Crippen molar-refractivity contribution in [3.8, 4) is 23.0 Å². The molecular formula is C20H18F3N3O5. The van der Waals surface area contributed by atoms with Gasteiger partial charge in [-0.3, -0.25) is 4.79 Å². The maximum atomic E-state index is 13.6. The van der Waals surface area contributed by atoms with E-state index in [9.17, 15) is 18.0 Å². The van der Waals surface area contributed by atoms with E-state index in [4.69, 9.17) is 18.9 Å². The molecule has 2 aromatic carbocycles. The number of amides is 1. The predicted molar refractivity (Wildman–Crippen MR) is 104 cm³/mol. The van der Waals surface area contributed by atoms with Crippen molar-refractivity contribution >= 4 is 22.6 Å². The third kappa shape index (κ3) is 4.03. The monoisotopic (exact) mass is 437 g/mol. The Morgan fingerprint density at radius 2 is 1.84 bits per heavy atom. The van der Waals surface area contributed by atoms with E-state index in [1.165, 1.54) is 32.4 Å². The summed E-state index contributed by atoms with van der Waals surface area (Å²) in [6, 6.07) is 7.48. The molecule has 4 rings (SSSR count). The lowest BCUT2D eigenvalue weighted by molar-refractivity contribution is -0.147. The normalized spacial score (nSPS) is 13.2. The first kappa shape index (κ1) is 20.6. The zero-order chi connectivity index (χ0) is 22.2. The second kappa shape index (κ2) is 7.89. The van der Waals surface area contributed by atoms with Crippen LogP contribution < -0.4 is 24.3 Å². The highest BCUT2D eigenvalue weighted by Gasteiger charge is 2.38. The average molecular weight is 437 g/mol. The Balaban J connectivity index is 1.71. The van der Waals surface area contributed by atoms with E-state index in [0.717, 1.165) is 4.57 Å². The highest BCUT2D eigenvalue weighted by Crippen LogP contribution is 2.38. The summed E-state index contributed by atoms with van der Waals surface area (Å²) in [5.74, 6) is -0.515. The molecule has 0 atom stereocenters. The first-order chi connectivity index (χ1) is 14.8. The summed E-state index contributed by atoms with van der Waals surface area (Å²) in [7, 11) is 2.86. The SMILES string of the molecule is COc1ccc(OC)c(NC(=O)Cn2c(C(F)(F)F)nc3cc4c(cc32)OCCO4)c1. The highest BCUT2D eigenvalue weighted by atomic mass is 19.4. The molecule has 1 aliphatic heterocycles. The van der Waals surface area contributed by atoms with Gasteiger partial charge < -0.3 is 28.8 Å². The van der Waals surface area contributed by atoms with Crippen molar-refractivity contribution < 1.29 is 36.9 Å². The van der Waals surface area contributed by atoms with Gasteiger partial charge in [-0.25, -0.2) is 4.98 Å². The number of nitrogens with one attached hydrogen (secondary N) is 1. The Kier molecular flexibility index (Phi) is 5.25. The average Bonchev–Trinajstić information content (AvgIpc) is 3.09. The Labute approximate surface area is 174 Å². The maximum absolute atomic E-state index is 13.6. The standard InChI is InChI=1S/C20H18F3N3O5/c1-28-11-3-4-15(29-2)13(7-11)24-18(27)10-26-14-9-17-16(30-5-6-31-17)8-12(14)25-19(26)20(21,22)23/h3-4,7-9H,5-6,10H2,1-2H3,(H,24,27). The topological polar surface area (TPSA) is 83.8 Å². The van der Waals surface area contributed by atoms with Crippen LogP contribution in [0.5, 0.6) is 23.0 Å². The van der Waals surface area contributed by atoms with Crippen LogP contribution in [-0.2, 0) is 17.5 Å². The molecule has 1 amide bonds. The molecule has 0 spiro atoms. The van der Waals surface area contributed by atoms with E-state index in [-0.39, 0.29) is 29.9 Å². The lowest BCUT2D eigenvalue weighted by Gasteiger charge is -2.18. The van der Waals surface area contributed by atoms with E-state index < -0.39 is 24.5 Å². The Morgan fingerprint density at radius 1 is 1.13 bits per heavy atom. The molecular weight excluding hydrogens is 419 g/mol. The molecule has 0 fully saturated rings. The predicted octanol–water partition coefficient (Wildman–Crippen LogP) is 3.48. The highest BCUT2D eigenvalue weighted by molar-refractivity contribution is 5.93. The first-order valence-electron chi connectivity index (χ1n) is 9.19. The van der Waals surface area contributed by atoms with Gasteiger partial charge in [-0.15, -0.1) is 0 Å². The molecule has 0 saturated carbocycles. The largest absolute Gasteiger partial charge is 0.497 e. The number of benzene rings is 2. The van der Waals surface area contributed by atoms with Gasteiger partial charge in [0, 0.05) is 18.2 Å². The number of alkyl halides is 3. The van der Waals surface area contributed by atoms with Crippen molar-refractivity contribution in [2.45, 2.75) is 12.7 Å². The molecule has 8 nitrogen and oxygen atoms in total.